The van der Waals surface area contributed by atoms with E-state index in [2.05, 4.69) is 65.9 Å². The average molecular weight is 381 g/mol. The highest BCUT2D eigenvalue weighted by molar-refractivity contribution is 14.1. The SMILES string of the molecule is Cc1ccc(OCc2ccc(I)cc2)c(CC(C)N)c1. The molecule has 0 heterocycles. The fourth-order valence-electron chi connectivity index (χ4n) is 2.10. The molecule has 2 N–H and O–H groups in total. The summed E-state index contributed by atoms with van der Waals surface area (Å²) in [6.07, 6.45) is 0.837. The zero-order valence-corrected chi connectivity index (χ0v) is 14.1. The maximum atomic E-state index is 5.96. The summed E-state index contributed by atoms with van der Waals surface area (Å²) < 4.78 is 7.20. The molecule has 3 heteroatoms. The van der Waals surface area contributed by atoms with Gasteiger partial charge in [0.15, 0.2) is 0 Å². The predicted octanol–water partition coefficient (Wildman–Crippen LogP) is 4.07. The summed E-state index contributed by atoms with van der Waals surface area (Å²) in [5.74, 6) is 0.937. The summed E-state index contributed by atoms with van der Waals surface area (Å²) in [5, 5.41) is 0. The second-order valence-electron chi connectivity index (χ2n) is 5.21. The van der Waals surface area contributed by atoms with E-state index in [1.165, 1.54) is 20.3 Å². The zero-order valence-electron chi connectivity index (χ0n) is 11.9. The lowest BCUT2D eigenvalue weighted by molar-refractivity contribution is 0.302. The van der Waals surface area contributed by atoms with Gasteiger partial charge in [-0.05, 0) is 72.2 Å². The van der Waals surface area contributed by atoms with E-state index in [1.54, 1.807) is 0 Å². The smallest absolute Gasteiger partial charge is 0.123 e. The van der Waals surface area contributed by atoms with Crippen molar-refractivity contribution in [2.45, 2.75) is 32.9 Å². The first kappa shape index (κ1) is 15.3. The lowest BCUT2D eigenvalue weighted by atomic mass is 10.0. The summed E-state index contributed by atoms with van der Waals surface area (Å²) in [4.78, 5) is 0. The maximum Gasteiger partial charge on any atom is 0.123 e. The molecule has 0 aliphatic carbocycles. The molecule has 0 bridgehead atoms. The number of hydrogen-bond donors (Lipinski definition) is 1. The van der Waals surface area contributed by atoms with Crippen molar-refractivity contribution >= 4 is 22.6 Å². The molecule has 0 aromatic heterocycles. The third kappa shape index (κ3) is 4.49. The van der Waals surface area contributed by atoms with Gasteiger partial charge in [0, 0.05) is 9.61 Å². The van der Waals surface area contributed by atoms with Crippen molar-refractivity contribution < 1.29 is 4.74 Å². The predicted molar refractivity (Wildman–Crippen MR) is 92.0 cm³/mol. The van der Waals surface area contributed by atoms with E-state index in [0.717, 1.165) is 12.2 Å². The van der Waals surface area contributed by atoms with E-state index in [4.69, 9.17) is 10.5 Å². The van der Waals surface area contributed by atoms with Crippen LogP contribution >= 0.6 is 22.6 Å². The normalized spacial score (nSPS) is 12.2. The Morgan fingerprint density at radius 2 is 1.85 bits per heavy atom. The van der Waals surface area contributed by atoms with Crippen LogP contribution in [0.1, 0.15) is 23.6 Å². The van der Waals surface area contributed by atoms with E-state index >= 15 is 0 Å². The Morgan fingerprint density at radius 3 is 2.50 bits per heavy atom. The second kappa shape index (κ2) is 7.09. The Labute approximate surface area is 134 Å². The van der Waals surface area contributed by atoms with Crippen LogP contribution in [0.2, 0.25) is 0 Å². The number of benzene rings is 2. The first-order valence-electron chi connectivity index (χ1n) is 6.77. The van der Waals surface area contributed by atoms with Gasteiger partial charge < -0.3 is 10.5 Å². The molecular formula is C17H20INO. The van der Waals surface area contributed by atoms with Crippen molar-refractivity contribution in [3.63, 3.8) is 0 Å². The van der Waals surface area contributed by atoms with Crippen LogP contribution in [0.4, 0.5) is 0 Å². The second-order valence-corrected chi connectivity index (χ2v) is 6.45. The first-order valence-corrected chi connectivity index (χ1v) is 7.85. The van der Waals surface area contributed by atoms with Gasteiger partial charge in [-0.3, -0.25) is 0 Å². The van der Waals surface area contributed by atoms with E-state index in [0.29, 0.717) is 6.61 Å². The zero-order chi connectivity index (χ0) is 14.5. The maximum absolute atomic E-state index is 5.96. The Hall–Kier alpha value is -1.07. The van der Waals surface area contributed by atoms with Gasteiger partial charge in [-0.2, -0.15) is 0 Å². The standard InChI is InChI=1S/C17H20INO/c1-12-3-8-17(15(9-12)10-13(2)19)20-11-14-4-6-16(18)7-5-14/h3-9,13H,10-11,19H2,1-2H3. The van der Waals surface area contributed by atoms with Crippen LogP contribution < -0.4 is 10.5 Å². The molecule has 2 aromatic rings. The Kier molecular flexibility index (Phi) is 5.43. The third-order valence-electron chi connectivity index (χ3n) is 3.07. The van der Waals surface area contributed by atoms with Gasteiger partial charge >= 0.3 is 0 Å². The number of ether oxygens (including phenoxy) is 1. The molecule has 0 spiro atoms. The number of aryl methyl sites for hydroxylation is 1. The minimum Gasteiger partial charge on any atom is -0.489 e. The summed E-state index contributed by atoms with van der Waals surface area (Å²) in [7, 11) is 0. The summed E-state index contributed by atoms with van der Waals surface area (Å²) in [5.41, 5.74) is 9.51. The van der Waals surface area contributed by atoms with Gasteiger partial charge in [0.2, 0.25) is 0 Å². The molecule has 0 saturated carbocycles. The third-order valence-corrected chi connectivity index (χ3v) is 3.78. The van der Waals surface area contributed by atoms with E-state index in [9.17, 15) is 0 Å². The van der Waals surface area contributed by atoms with Crippen LogP contribution in [-0.2, 0) is 13.0 Å². The van der Waals surface area contributed by atoms with E-state index < -0.39 is 0 Å². The highest BCUT2D eigenvalue weighted by Gasteiger charge is 2.07. The van der Waals surface area contributed by atoms with Gasteiger partial charge in [0.25, 0.3) is 0 Å². The molecule has 2 aromatic carbocycles. The Bertz CT molecular complexity index is 564. The largest absolute Gasteiger partial charge is 0.489 e. The van der Waals surface area contributed by atoms with Crippen LogP contribution in [0.5, 0.6) is 5.75 Å². The number of nitrogens with two attached hydrogens (primary N) is 1. The molecule has 1 atom stereocenters. The number of rotatable bonds is 5. The fourth-order valence-corrected chi connectivity index (χ4v) is 2.46. The van der Waals surface area contributed by atoms with Crippen LogP contribution in [-0.4, -0.2) is 6.04 Å². The fraction of sp³-hybridized carbons (Fsp3) is 0.294. The lowest BCUT2D eigenvalue weighted by Crippen LogP contribution is -2.18. The van der Waals surface area contributed by atoms with Crippen molar-refractivity contribution in [1.82, 2.24) is 0 Å². The molecule has 1 unspecified atom stereocenters. The van der Waals surface area contributed by atoms with Crippen molar-refractivity contribution in [1.29, 1.82) is 0 Å². The molecular weight excluding hydrogens is 361 g/mol. The molecule has 0 aliphatic heterocycles. The summed E-state index contributed by atoms with van der Waals surface area (Å²) in [6, 6.07) is 14.8. The highest BCUT2D eigenvalue weighted by atomic mass is 127. The number of halogens is 1. The minimum atomic E-state index is 0.137. The van der Waals surface area contributed by atoms with Crippen LogP contribution in [0.25, 0.3) is 0 Å². The van der Waals surface area contributed by atoms with E-state index in [-0.39, 0.29) is 6.04 Å². The molecule has 106 valence electrons. The van der Waals surface area contributed by atoms with Crippen LogP contribution in [0.15, 0.2) is 42.5 Å². The molecule has 0 saturated heterocycles. The van der Waals surface area contributed by atoms with Gasteiger partial charge in [-0.1, -0.05) is 29.8 Å². The molecule has 2 nitrogen and oxygen atoms in total. The molecule has 0 amide bonds. The number of hydrogen-bond acceptors (Lipinski definition) is 2. The summed E-state index contributed by atoms with van der Waals surface area (Å²) in [6.45, 7) is 4.70. The Balaban J connectivity index is 2.10. The molecule has 0 aliphatic rings. The van der Waals surface area contributed by atoms with Gasteiger partial charge in [0.1, 0.15) is 12.4 Å². The van der Waals surface area contributed by atoms with Crippen molar-refractivity contribution in [3.05, 3.63) is 62.7 Å². The van der Waals surface area contributed by atoms with Crippen molar-refractivity contribution in [2.24, 2.45) is 5.73 Å². The molecule has 20 heavy (non-hydrogen) atoms. The average Bonchev–Trinajstić information content (AvgIpc) is 2.39. The van der Waals surface area contributed by atoms with Crippen molar-refractivity contribution in [2.75, 3.05) is 0 Å². The topological polar surface area (TPSA) is 35.2 Å². The minimum absolute atomic E-state index is 0.137. The van der Waals surface area contributed by atoms with Gasteiger partial charge in [0.05, 0.1) is 0 Å². The van der Waals surface area contributed by atoms with Gasteiger partial charge in [-0.25, -0.2) is 0 Å². The molecule has 0 radical (unpaired) electrons. The highest BCUT2D eigenvalue weighted by Crippen LogP contribution is 2.22. The monoisotopic (exact) mass is 381 g/mol. The molecule has 0 fully saturated rings. The summed E-state index contributed by atoms with van der Waals surface area (Å²) >= 11 is 2.30. The lowest BCUT2D eigenvalue weighted by Gasteiger charge is -2.14. The van der Waals surface area contributed by atoms with E-state index in [1.807, 2.05) is 13.0 Å². The molecule has 2 rings (SSSR count). The Morgan fingerprint density at radius 1 is 1.15 bits per heavy atom. The van der Waals surface area contributed by atoms with Gasteiger partial charge in [-0.15, -0.1) is 0 Å². The van der Waals surface area contributed by atoms with Crippen molar-refractivity contribution in [3.8, 4) is 5.75 Å². The quantitative estimate of drug-likeness (QED) is 0.793. The first-order chi connectivity index (χ1) is 9.54. The van der Waals surface area contributed by atoms with Crippen LogP contribution in [0.3, 0.4) is 0 Å². The van der Waals surface area contributed by atoms with Crippen LogP contribution in [0, 0.1) is 10.5 Å².